The number of amides is 1. The number of fused-ring (bicyclic) bond motifs is 1. The number of rotatable bonds is 4. The number of hydrogen-bond acceptors (Lipinski definition) is 4. The number of hydrogen-bond donors (Lipinski definition) is 1. The van der Waals surface area contributed by atoms with E-state index in [1.165, 1.54) is 0 Å². The van der Waals surface area contributed by atoms with Gasteiger partial charge in [0.05, 0.1) is 17.9 Å². The van der Waals surface area contributed by atoms with Gasteiger partial charge in [-0.3, -0.25) is 19.1 Å². The van der Waals surface area contributed by atoms with E-state index in [4.69, 9.17) is 0 Å². The van der Waals surface area contributed by atoms with Gasteiger partial charge in [0, 0.05) is 19.4 Å². The number of aryl methyl sites for hydroxylation is 2. The van der Waals surface area contributed by atoms with Crippen LogP contribution in [-0.4, -0.2) is 30.5 Å². The van der Waals surface area contributed by atoms with Crippen LogP contribution in [0.25, 0.3) is 11.0 Å². The quantitative estimate of drug-likeness (QED) is 0.798. The van der Waals surface area contributed by atoms with Crippen molar-refractivity contribution in [1.82, 2.24) is 29.9 Å². The van der Waals surface area contributed by atoms with Crippen molar-refractivity contribution in [2.45, 2.75) is 32.9 Å². The minimum Gasteiger partial charge on any atom is -0.348 e. The fourth-order valence-electron chi connectivity index (χ4n) is 2.59. The molecule has 1 N–H and O–H groups in total. The zero-order valence-electron chi connectivity index (χ0n) is 13.7. The summed E-state index contributed by atoms with van der Waals surface area (Å²) in [5.41, 5.74) is 3.63. The molecule has 0 unspecified atom stereocenters. The fraction of sp³-hybridized carbons (Fsp3) is 0.375. The molecule has 3 aromatic heterocycles. The van der Waals surface area contributed by atoms with Crippen LogP contribution in [-0.2, 0) is 11.8 Å². The van der Waals surface area contributed by atoms with E-state index >= 15 is 0 Å². The van der Waals surface area contributed by atoms with Crippen molar-refractivity contribution < 1.29 is 4.79 Å². The first-order valence-electron chi connectivity index (χ1n) is 7.56. The van der Waals surface area contributed by atoms with Crippen LogP contribution in [0.3, 0.4) is 0 Å². The highest BCUT2D eigenvalue weighted by Gasteiger charge is 2.20. The normalized spacial score (nSPS) is 13.9. The Kier molecular flexibility index (Phi) is 3.85. The van der Waals surface area contributed by atoms with Crippen LogP contribution in [0.15, 0.2) is 30.7 Å². The summed E-state index contributed by atoms with van der Waals surface area (Å²) in [4.78, 5) is 16.5. The number of carbonyl (C=O) groups is 1. The van der Waals surface area contributed by atoms with Crippen molar-refractivity contribution in [3.05, 3.63) is 42.0 Å². The predicted molar refractivity (Wildman–Crippen MR) is 86.7 cm³/mol. The molecule has 0 aliphatic rings. The van der Waals surface area contributed by atoms with E-state index in [0.29, 0.717) is 0 Å². The molecule has 3 rings (SSSR count). The fourth-order valence-corrected chi connectivity index (χ4v) is 2.59. The summed E-state index contributed by atoms with van der Waals surface area (Å²) in [5, 5.41) is 11.8. The molecule has 0 aliphatic heterocycles. The van der Waals surface area contributed by atoms with Crippen molar-refractivity contribution >= 4 is 16.9 Å². The smallest absolute Gasteiger partial charge is 0.245 e. The van der Waals surface area contributed by atoms with Gasteiger partial charge in [0.15, 0.2) is 0 Å². The molecule has 0 saturated heterocycles. The molecule has 0 saturated carbocycles. The van der Waals surface area contributed by atoms with Gasteiger partial charge >= 0.3 is 0 Å². The van der Waals surface area contributed by atoms with E-state index in [0.717, 1.165) is 22.3 Å². The Labute approximate surface area is 134 Å². The summed E-state index contributed by atoms with van der Waals surface area (Å²) >= 11 is 0. The topological polar surface area (TPSA) is 77.6 Å². The third-order valence-electron chi connectivity index (χ3n) is 4.05. The van der Waals surface area contributed by atoms with E-state index in [1.54, 1.807) is 21.8 Å². The Morgan fingerprint density at radius 2 is 1.91 bits per heavy atom. The SMILES string of the molecule is Cc1nn(C)c2cn([C@@H](C)C(=O)N[C@@H](C)c3ccncc3)nc12. The first-order valence-corrected chi connectivity index (χ1v) is 7.56. The van der Waals surface area contributed by atoms with Crippen LogP contribution in [0, 0.1) is 6.92 Å². The van der Waals surface area contributed by atoms with Crippen LogP contribution in [0.1, 0.15) is 37.2 Å². The molecule has 0 bridgehead atoms. The number of pyridine rings is 1. The molecule has 7 nitrogen and oxygen atoms in total. The van der Waals surface area contributed by atoms with Crippen molar-refractivity contribution in [3.8, 4) is 0 Å². The van der Waals surface area contributed by atoms with E-state index < -0.39 is 6.04 Å². The van der Waals surface area contributed by atoms with E-state index in [2.05, 4.69) is 20.5 Å². The summed E-state index contributed by atoms with van der Waals surface area (Å²) < 4.78 is 3.46. The van der Waals surface area contributed by atoms with Gasteiger partial charge in [-0.05, 0) is 38.5 Å². The van der Waals surface area contributed by atoms with Crippen molar-refractivity contribution in [2.24, 2.45) is 7.05 Å². The van der Waals surface area contributed by atoms with Gasteiger partial charge in [-0.15, -0.1) is 0 Å². The lowest BCUT2D eigenvalue weighted by Gasteiger charge is -2.18. The molecule has 1 amide bonds. The summed E-state index contributed by atoms with van der Waals surface area (Å²) in [6.07, 6.45) is 5.30. The van der Waals surface area contributed by atoms with Crippen LogP contribution < -0.4 is 5.32 Å². The summed E-state index contributed by atoms with van der Waals surface area (Å²) in [5.74, 6) is -0.0762. The third kappa shape index (κ3) is 2.81. The van der Waals surface area contributed by atoms with Gasteiger partial charge < -0.3 is 5.32 Å². The highest BCUT2D eigenvalue weighted by atomic mass is 16.2. The highest BCUT2D eigenvalue weighted by molar-refractivity contribution is 5.82. The molecular formula is C16H20N6O. The molecule has 3 aromatic rings. The maximum atomic E-state index is 12.5. The molecule has 2 atom stereocenters. The van der Waals surface area contributed by atoms with Gasteiger partial charge in [-0.25, -0.2) is 0 Å². The molecule has 7 heteroatoms. The standard InChI is InChI=1S/C16H20N6O/c1-10(13-5-7-17-8-6-13)18-16(23)12(3)22-9-14-15(20-22)11(2)19-21(14)4/h5-10,12H,1-4H3,(H,18,23)/t10-,12-/m0/s1. The minimum atomic E-state index is -0.397. The monoisotopic (exact) mass is 312 g/mol. The van der Waals surface area contributed by atoms with Gasteiger partial charge in [-0.2, -0.15) is 10.2 Å². The molecule has 3 heterocycles. The Hall–Kier alpha value is -2.70. The molecule has 0 radical (unpaired) electrons. The van der Waals surface area contributed by atoms with E-state index in [1.807, 2.05) is 46.1 Å². The van der Waals surface area contributed by atoms with E-state index in [-0.39, 0.29) is 11.9 Å². The second-order valence-electron chi connectivity index (χ2n) is 5.74. The third-order valence-corrected chi connectivity index (χ3v) is 4.05. The zero-order valence-corrected chi connectivity index (χ0v) is 13.7. The lowest BCUT2D eigenvalue weighted by Crippen LogP contribution is -2.33. The average molecular weight is 312 g/mol. The van der Waals surface area contributed by atoms with Crippen LogP contribution in [0.5, 0.6) is 0 Å². The lowest BCUT2D eigenvalue weighted by molar-refractivity contribution is -0.124. The van der Waals surface area contributed by atoms with Crippen molar-refractivity contribution in [1.29, 1.82) is 0 Å². The highest BCUT2D eigenvalue weighted by Crippen LogP contribution is 2.19. The van der Waals surface area contributed by atoms with Crippen LogP contribution >= 0.6 is 0 Å². The molecular weight excluding hydrogens is 292 g/mol. The lowest BCUT2D eigenvalue weighted by atomic mass is 10.1. The summed E-state index contributed by atoms with van der Waals surface area (Å²) in [7, 11) is 1.87. The van der Waals surface area contributed by atoms with Crippen LogP contribution in [0.4, 0.5) is 0 Å². The molecule has 0 spiro atoms. The number of nitrogens with zero attached hydrogens (tertiary/aromatic N) is 5. The number of nitrogens with one attached hydrogen (secondary N) is 1. The molecule has 0 fully saturated rings. The van der Waals surface area contributed by atoms with Crippen LogP contribution in [0.2, 0.25) is 0 Å². The number of carbonyl (C=O) groups excluding carboxylic acids is 1. The minimum absolute atomic E-state index is 0.0762. The second-order valence-corrected chi connectivity index (χ2v) is 5.74. The Balaban J connectivity index is 1.77. The molecule has 0 aliphatic carbocycles. The summed E-state index contributed by atoms with van der Waals surface area (Å²) in [6, 6.07) is 3.31. The number of aromatic nitrogens is 5. The van der Waals surface area contributed by atoms with Crippen molar-refractivity contribution in [3.63, 3.8) is 0 Å². The molecule has 23 heavy (non-hydrogen) atoms. The Morgan fingerprint density at radius 3 is 2.57 bits per heavy atom. The summed E-state index contributed by atoms with van der Waals surface area (Å²) in [6.45, 7) is 5.70. The first kappa shape index (κ1) is 15.2. The maximum Gasteiger partial charge on any atom is 0.245 e. The Bertz CT molecular complexity index is 801. The van der Waals surface area contributed by atoms with Gasteiger partial charge in [0.25, 0.3) is 0 Å². The second kappa shape index (κ2) is 5.83. The average Bonchev–Trinajstić information content (AvgIpc) is 3.09. The maximum absolute atomic E-state index is 12.5. The zero-order chi connectivity index (χ0) is 16.6. The Morgan fingerprint density at radius 1 is 1.22 bits per heavy atom. The van der Waals surface area contributed by atoms with E-state index in [9.17, 15) is 4.79 Å². The van der Waals surface area contributed by atoms with Crippen molar-refractivity contribution in [2.75, 3.05) is 0 Å². The van der Waals surface area contributed by atoms with Gasteiger partial charge in [0.1, 0.15) is 17.1 Å². The largest absolute Gasteiger partial charge is 0.348 e. The molecule has 120 valence electrons. The van der Waals surface area contributed by atoms with Gasteiger partial charge in [0.2, 0.25) is 5.91 Å². The first-order chi connectivity index (χ1) is 11.0. The molecule has 0 aromatic carbocycles. The van der Waals surface area contributed by atoms with Gasteiger partial charge in [-0.1, -0.05) is 0 Å². The predicted octanol–water partition coefficient (Wildman–Crippen LogP) is 1.91.